The van der Waals surface area contributed by atoms with Gasteiger partial charge in [0.15, 0.2) is 0 Å². The summed E-state index contributed by atoms with van der Waals surface area (Å²) in [5.41, 5.74) is 3.45. The van der Waals surface area contributed by atoms with E-state index in [1.54, 1.807) is 41.3 Å². The van der Waals surface area contributed by atoms with Crippen LogP contribution in [0.3, 0.4) is 0 Å². The fraction of sp³-hybridized carbons (Fsp3) is 0.194. The Morgan fingerprint density at radius 2 is 1.61 bits per heavy atom. The lowest BCUT2D eigenvalue weighted by atomic mass is 9.92. The van der Waals surface area contributed by atoms with Gasteiger partial charge in [-0.2, -0.15) is 0 Å². The highest BCUT2D eigenvalue weighted by Crippen LogP contribution is 2.41. The second-order valence-electron chi connectivity index (χ2n) is 9.53. The Morgan fingerprint density at radius 1 is 0.868 bits per heavy atom. The van der Waals surface area contributed by atoms with Crippen LogP contribution in [0.25, 0.3) is 11.1 Å². The standard InChI is InChI=1S/C31H29FN2O4/c32-23-15-12-20(13-16-23)28(36)11-5-10-27-30(34(31(38)33-27)24-7-2-1-3-8-24)26-17-14-22(19-29(26)37)21-6-4-9-25(35)18-21/h1-4,6-9,12-19,27-28,30,35-37H,5,10-11H2,(H,33,38). The van der Waals surface area contributed by atoms with E-state index >= 15 is 0 Å². The molecule has 0 saturated carbocycles. The normalized spacial score (nSPS) is 17.8. The Hall–Kier alpha value is -4.36. The van der Waals surface area contributed by atoms with Crippen molar-refractivity contribution in [3.63, 3.8) is 0 Å². The van der Waals surface area contributed by atoms with Crippen LogP contribution in [0.15, 0.2) is 97.1 Å². The summed E-state index contributed by atoms with van der Waals surface area (Å²) >= 11 is 0. The zero-order valence-electron chi connectivity index (χ0n) is 20.7. The van der Waals surface area contributed by atoms with Crippen LogP contribution in [0.5, 0.6) is 11.5 Å². The Balaban J connectivity index is 1.41. The second-order valence-corrected chi connectivity index (χ2v) is 9.53. The number of carbonyl (C=O) groups is 1. The van der Waals surface area contributed by atoms with Crippen molar-refractivity contribution in [3.8, 4) is 22.6 Å². The fourth-order valence-corrected chi connectivity index (χ4v) is 5.11. The van der Waals surface area contributed by atoms with Gasteiger partial charge in [0.1, 0.15) is 17.3 Å². The van der Waals surface area contributed by atoms with Gasteiger partial charge in [0, 0.05) is 11.3 Å². The first-order chi connectivity index (χ1) is 18.4. The number of carbonyl (C=O) groups excluding carboxylic acids is 1. The maximum absolute atomic E-state index is 13.2. The summed E-state index contributed by atoms with van der Waals surface area (Å²) in [5.74, 6) is -0.173. The maximum Gasteiger partial charge on any atom is 0.322 e. The number of benzene rings is 4. The molecule has 0 aliphatic carbocycles. The molecule has 0 aromatic heterocycles. The fourth-order valence-electron chi connectivity index (χ4n) is 5.11. The molecule has 6 nitrogen and oxygen atoms in total. The molecule has 0 spiro atoms. The van der Waals surface area contributed by atoms with Crippen molar-refractivity contribution in [2.24, 2.45) is 0 Å². The molecule has 1 fully saturated rings. The maximum atomic E-state index is 13.2. The molecule has 4 aromatic rings. The molecule has 3 atom stereocenters. The molecule has 4 N–H and O–H groups in total. The molecule has 0 bridgehead atoms. The first-order valence-corrected chi connectivity index (χ1v) is 12.6. The van der Waals surface area contributed by atoms with Crippen molar-refractivity contribution in [1.82, 2.24) is 5.32 Å². The number of phenols is 2. The molecule has 1 saturated heterocycles. The minimum absolute atomic E-state index is 0.0459. The van der Waals surface area contributed by atoms with Gasteiger partial charge in [0.25, 0.3) is 0 Å². The zero-order valence-corrected chi connectivity index (χ0v) is 20.7. The van der Waals surface area contributed by atoms with Crippen molar-refractivity contribution in [2.75, 3.05) is 4.90 Å². The monoisotopic (exact) mass is 512 g/mol. The molecule has 2 amide bonds. The third-order valence-corrected chi connectivity index (χ3v) is 7.00. The molecular weight excluding hydrogens is 483 g/mol. The van der Waals surface area contributed by atoms with Crippen LogP contribution in [-0.2, 0) is 0 Å². The van der Waals surface area contributed by atoms with E-state index in [0.29, 0.717) is 36.1 Å². The largest absolute Gasteiger partial charge is 0.508 e. The molecule has 1 heterocycles. The number of aliphatic hydroxyl groups is 1. The highest BCUT2D eigenvalue weighted by atomic mass is 19.1. The van der Waals surface area contributed by atoms with Crippen LogP contribution in [0, 0.1) is 5.82 Å². The lowest BCUT2D eigenvalue weighted by molar-refractivity contribution is 0.162. The minimum Gasteiger partial charge on any atom is -0.508 e. The Kier molecular flexibility index (Phi) is 7.29. The zero-order chi connectivity index (χ0) is 26.6. The number of aliphatic hydroxyl groups excluding tert-OH is 1. The number of aromatic hydroxyl groups is 2. The molecule has 1 aliphatic heterocycles. The number of para-hydroxylation sites is 1. The van der Waals surface area contributed by atoms with Gasteiger partial charge in [-0.3, -0.25) is 4.90 Å². The van der Waals surface area contributed by atoms with Crippen LogP contribution in [0.2, 0.25) is 0 Å². The van der Waals surface area contributed by atoms with Gasteiger partial charge in [0.05, 0.1) is 18.2 Å². The van der Waals surface area contributed by atoms with Gasteiger partial charge in [-0.25, -0.2) is 9.18 Å². The molecule has 4 aromatic carbocycles. The topological polar surface area (TPSA) is 93.0 Å². The Morgan fingerprint density at radius 3 is 2.32 bits per heavy atom. The smallest absolute Gasteiger partial charge is 0.322 e. The summed E-state index contributed by atoms with van der Waals surface area (Å²) in [6, 6.07) is 26.2. The van der Waals surface area contributed by atoms with E-state index in [-0.39, 0.29) is 29.4 Å². The number of phenolic OH excluding ortho intramolecular Hbond substituents is 2. The predicted molar refractivity (Wildman–Crippen MR) is 144 cm³/mol. The number of anilines is 1. The number of hydrogen-bond donors (Lipinski definition) is 4. The van der Waals surface area contributed by atoms with E-state index in [9.17, 15) is 24.5 Å². The van der Waals surface area contributed by atoms with Crippen LogP contribution in [0.4, 0.5) is 14.9 Å². The number of nitrogens with one attached hydrogen (secondary N) is 1. The number of amides is 2. The van der Waals surface area contributed by atoms with E-state index in [4.69, 9.17) is 0 Å². The SMILES string of the molecule is O=C1NC(CCCC(O)c2ccc(F)cc2)C(c2ccc(-c3cccc(O)c3)cc2O)N1c1ccccc1. The lowest BCUT2D eigenvalue weighted by Gasteiger charge is -2.28. The van der Waals surface area contributed by atoms with Gasteiger partial charge in [-0.1, -0.05) is 54.6 Å². The van der Waals surface area contributed by atoms with E-state index in [0.717, 1.165) is 11.1 Å². The number of halogens is 1. The van der Waals surface area contributed by atoms with Crippen molar-refractivity contribution in [3.05, 3.63) is 114 Å². The van der Waals surface area contributed by atoms with Crippen LogP contribution in [0.1, 0.15) is 42.5 Å². The Bertz CT molecular complexity index is 1410. The highest BCUT2D eigenvalue weighted by molar-refractivity contribution is 5.96. The van der Waals surface area contributed by atoms with E-state index in [1.807, 2.05) is 48.5 Å². The van der Waals surface area contributed by atoms with Crippen LogP contribution in [-0.4, -0.2) is 27.4 Å². The molecule has 38 heavy (non-hydrogen) atoms. The first-order valence-electron chi connectivity index (χ1n) is 12.6. The summed E-state index contributed by atoms with van der Waals surface area (Å²) in [4.78, 5) is 14.8. The second kappa shape index (κ2) is 10.9. The summed E-state index contributed by atoms with van der Waals surface area (Å²) in [6.45, 7) is 0. The highest BCUT2D eigenvalue weighted by Gasteiger charge is 2.42. The lowest BCUT2D eigenvalue weighted by Crippen LogP contribution is -2.29. The molecule has 7 heteroatoms. The van der Waals surface area contributed by atoms with E-state index in [2.05, 4.69) is 5.32 Å². The van der Waals surface area contributed by atoms with E-state index in [1.165, 1.54) is 12.1 Å². The Labute approximate surface area is 220 Å². The number of hydrogen-bond acceptors (Lipinski definition) is 4. The van der Waals surface area contributed by atoms with Crippen LogP contribution >= 0.6 is 0 Å². The van der Waals surface area contributed by atoms with Gasteiger partial charge in [-0.15, -0.1) is 0 Å². The molecule has 3 unspecified atom stereocenters. The number of rotatable bonds is 8. The van der Waals surface area contributed by atoms with Crippen molar-refractivity contribution >= 4 is 11.7 Å². The van der Waals surface area contributed by atoms with Gasteiger partial charge in [0.2, 0.25) is 0 Å². The van der Waals surface area contributed by atoms with Gasteiger partial charge < -0.3 is 20.6 Å². The van der Waals surface area contributed by atoms with Crippen molar-refractivity contribution < 1.29 is 24.5 Å². The first kappa shape index (κ1) is 25.3. The predicted octanol–water partition coefficient (Wildman–Crippen LogP) is 6.45. The third-order valence-electron chi connectivity index (χ3n) is 7.00. The summed E-state index contributed by atoms with van der Waals surface area (Å²) in [7, 11) is 0. The van der Waals surface area contributed by atoms with Crippen molar-refractivity contribution in [2.45, 2.75) is 37.5 Å². The molecule has 5 rings (SSSR count). The third kappa shape index (κ3) is 5.33. The molecule has 1 aliphatic rings. The summed E-state index contributed by atoms with van der Waals surface area (Å²) in [6.07, 6.45) is 0.862. The van der Waals surface area contributed by atoms with Gasteiger partial charge >= 0.3 is 6.03 Å². The molecule has 194 valence electrons. The van der Waals surface area contributed by atoms with Crippen molar-refractivity contribution in [1.29, 1.82) is 0 Å². The average molecular weight is 513 g/mol. The summed E-state index contributed by atoms with van der Waals surface area (Å²) in [5, 5.41) is 34.6. The van der Waals surface area contributed by atoms with E-state index < -0.39 is 12.1 Å². The summed E-state index contributed by atoms with van der Waals surface area (Å²) < 4.78 is 13.2. The quantitative estimate of drug-likeness (QED) is 0.218. The average Bonchev–Trinajstić information content (AvgIpc) is 3.24. The molecule has 0 radical (unpaired) electrons. The van der Waals surface area contributed by atoms with Crippen LogP contribution < -0.4 is 10.2 Å². The van der Waals surface area contributed by atoms with Gasteiger partial charge in [-0.05, 0) is 78.4 Å². The number of nitrogens with zero attached hydrogens (tertiary/aromatic N) is 1. The number of urea groups is 1. The molecular formula is C31H29FN2O4. The minimum atomic E-state index is -0.744.